The van der Waals surface area contributed by atoms with E-state index < -0.39 is 23.9 Å². The van der Waals surface area contributed by atoms with E-state index in [1.807, 2.05) is 12.1 Å². The average Bonchev–Trinajstić information content (AvgIpc) is 3.09. The third-order valence-corrected chi connectivity index (χ3v) is 7.71. The summed E-state index contributed by atoms with van der Waals surface area (Å²) < 4.78 is 21.7. The smallest absolute Gasteiger partial charge is 0.343 e. The van der Waals surface area contributed by atoms with Crippen molar-refractivity contribution >= 4 is 23.9 Å². The van der Waals surface area contributed by atoms with E-state index >= 15 is 0 Å². The van der Waals surface area contributed by atoms with E-state index in [1.54, 1.807) is 60.7 Å². The first-order chi connectivity index (χ1) is 23.3. The second-order valence-corrected chi connectivity index (χ2v) is 11.7. The molecule has 0 saturated heterocycles. The van der Waals surface area contributed by atoms with Gasteiger partial charge in [0, 0.05) is 0 Å². The number of aryl methyl sites for hydroxylation is 1. The fourth-order valence-electron chi connectivity index (χ4n) is 4.90. The van der Waals surface area contributed by atoms with Gasteiger partial charge in [-0.05, 0) is 105 Å². The Bertz CT molecular complexity index is 1400. The molecule has 3 aromatic rings. The molecule has 0 atom stereocenters. The van der Waals surface area contributed by atoms with Gasteiger partial charge in [0.1, 0.15) is 17.2 Å². The Morgan fingerprint density at radius 1 is 0.542 bits per heavy atom. The Hall–Kier alpha value is -4.66. The zero-order chi connectivity index (χ0) is 34.4. The highest BCUT2D eigenvalue weighted by atomic mass is 16.5. The fraction of sp³-hybridized carbons (Fsp3) is 0.436. The maximum absolute atomic E-state index is 12.6. The lowest BCUT2D eigenvalue weighted by molar-refractivity contribution is -0.147. The molecule has 0 saturated carbocycles. The molecule has 0 amide bonds. The highest BCUT2D eigenvalue weighted by molar-refractivity contribution is 5.92. The predicted octanol–water partition coefficient (Wildman–Crippen LogP) is 8.77. The SMILES string of the molecule is CCCCCCCCCc1ccc(C(=O)Oc2ccc(OC(=O)c3ccc(OCCCCCCOC(=O)CCC(=O)O)cc3)cc2)cc1. The fourth-order valence-corrected chi connectivity index (χ4v) is 4.90. The number of aliphatic carboxylic acids is 1. The van der Waals surface area contributed by atoms with Crippen LogP contribution in [0.3, 0.4) is 0 Å². The quantitative estimate of drug-likeness (QED) is 0.0603. The topological polar surface area (TPSA) is 125 Å². The van der Waals surface area contributed by atoms with Crippen LogP contribution in [0.25, 0.3) is 0 Å². The van der Waals surface area contributed by atoms with Crippen LogP contribution in [0.5, 0.6) is 17.2 Å². The number of carbonyl (C=O) groups excluding carboxylic acids is 3. The number of hydrogen-bond donors (Lipinski definition) is 1. The van der Waals surface area contributed by atoms with E-state index in [0.29, 0.717) is 41.4 Å². The first-order valence-corrected chi connectivity index (χ1v) is 17.1. The van der Waals surface area contributed by atoms with Crippen LogP contribution in [0.15, 0.2) is 72.8 Å². The molecule has 48 heavy (non-hydrogen) atoms. The number of carboxylic acids is 1. The van der Waals surface area contributed by atoms with Gasteiger partial charge < -0.3 is 24.1 Å². The highest BCUT2D eigenvalue weighted by Crippen LogP contribution is 2.21. The summed E-state index contributed by atoms with van der Waals surface area (Å²) in [4.78, 5) is 47.1. The lowest BCUT2D eigenvalue weighted by Crippen LogP contribution is -2.10. The van der Waals surface area contributed by atoms with Crippen molar-refractivity contribution in [1.29, 1.82) is 0 Å². The Balaban J connectivity index is 1.30. The molecule has 0 aliphatic carbocycles. The van der Waals surface area contributed by atoms with Gasteiger partial charge in [-0.2, -0.15) is 0 Å². The molecule has 1 N–H and O–H groups in total. The second-order valence-electron chi connectivity index (χ2n) is 11.7. The Kier molecular flexibility index (Phi) is 17.3. The zero-order valence-electron chi connectivity index (χ0n) is 28.0. The number of carbonyl (C=O) groups is 4. The standard InChI is InChI=1S/C39H48O9/c1-2-3-4-5-6-7-10-13-30-14-16-31(17-15-30)38(43)47-34-22-24-35(25-23-34)48-39(44)32-18-20-33(21-19-32)45-28-11-8-9-12-29-46-37(42)27-26-36(40)41/h14-25H,2-13,26-29H2,1H3,(H,40,41). The molecule has 0 unspecified atom stereocenters. The molecule has 0 radical (unpaired) electrons. The molecule has 0 heterocycles. The summed E-state index contributed by atoms with van der Waals surface area (Å²) in [5.41, 5.74) is 2.06. The third kappa shape index (κ3) is 15.3. The highest BCUT2D eigenvalue weighted by Gasteiger charge is 2.12. The van der Waals surface area contributed by atoms with Crippen LogP contribution in [0, 0.1) is 0 Å². The van der Waals surface area contributed by atoms with E-state index in [1.165, 1.54) is 44.1 Å². The molecule has 258 valence electrons. The van der Waals surface area contributed by atoms with Crippen molar-refractivity contribution in [3.05, 3.63) is 89.5 Å². The van der Waals surface area contributed by atoms with E-state index in [-0.39, 0.29) is 19.4 Å². The van der Waals surface area contributed by atoms with Crippen molar-refractivity contribution in [3.8, 4) is 17.2 Å². The van der Waals surface area contributed by atoms with Gasteiger partial charge in [-0.15, -0.1) is 0 Å². The number of benzene rings is 3. The predicted molar refractivity (Wildman–Crippen MR) is 183 cm³/mol. The number of ether oxygens (including phenoxy) is 4. The number of esters is 3. The van der Waals surface area contributed by atoms with Gasteiger partial charge >= 0.3 is 23.9 Å². The normalized spacial score (nSPS) is 10.7. The molecule has 0 aliphatic rings. The van der Waals surface area contributed by atoms with Gasteiger partial charge in [-0.1, -0.05) is 57.6 Å². The molecule has 9 heteroatoms. The third-order valence-electron chi connectivity index (χ3n) is 7.71. The lowest BCUT2D eigenvalue weighted by atomic mass is 10.0. The van der Waals surface area contributed by atoms with Gasteiger partial charge in [0.2, 0.25) is 0 Å². The average molecular weight is 661 g/mol. The van der Waals surface area contributed by atoms with Gasteiger partial charge in [0.15, 0.2) is 0 Å². The van der Waals surface area contributed by atoms with Crippen LogP contribution < -0.4 is 14.2 Å². The summed E-state index contributed by atoms with van der Waals surface area (Å²) in [6.45, 7) is 3.01. The summed E-state index contributed by atoms with van der Waals surface area (Å²) in [6.07, 6.45) is 12.8. The maximum Gasteiger partial charge on any atom is 0.343 e. The Morgan fingerprint density at radius 3 is 1.58 bits per heavy atom. The van der Waals surface area contributed by atoms with E-state index in [9.17, 15) is 19.2 Å². The molecule has 0 aliphatic heterocycles. The molecule has 0 fully saturated rings. The molecule has 0 bridgehead atoms. The molecule has 9 nitrogen and oxygen atoms in total. The van der Waals surface area contributed by atoms with Crippen molar-refractivity contribution in [2.75, 3.05) is 13.2 Å². The summed E-state index contributed by atoms with van der Waals surface area (Å²) in [6, 6.07) is 20.6. The van der Waals surface area contributed by atoms with Crippen molar-refractivity contribution in [1.82, 2.24) is 0 Å². The van der Waals surface area contributed by atoms with Crippen molar-refractivity contribution in [2.24, 2.45) is 0 Å². The molecule has 0 spiro atoms. The van der Waals surface area contributed by atoms with Gasteiger partial charge in [0.05, 0.1) is 37.2 Å². The summed E-state index contributed by atoms with van der Waals surface area (Å²) in [5.74, 6) is -1.17. The van der Waals surface area contributed by atoms with Crippen LogP contribution in [-0.2, 0) is 20.7 Å². The lowest BCUT2D eigenvalue weighted by Gasteiger charge is -2.09. The first kappa shape index (κ1) is 37.8. The second kappa shape index (κ2) is 22.0. The molecule has 0 aromatic heterocycles. The summed E-state index contributed by atoms with van der Waals surface area (Å²) in [5, 5.41) is 8.57. The van der Waals surface area contributed by atoms with E-state index in [0.717, 1.165) is 32.1 Å². The summed E-state index contributed by atoms with van der Waals surface area (Å²) in [7, 11) is 0. The van der Waals surface area contributed by atoms with Crippen molar-refractivity contribution in [3.63, 3.8) is 0 Å². The van der Waals surface area contributed by atoms with E-state index in [4.69, 9.17) is 24.1 Å². The van der Waals surface area contributed by atoms with Crippen LogP contribution in [0.4, 0.5) is 0 Å². The minimum Gasteiger partial charge on any atom is -0.494 e. The minimum atomic E-state index is -1.02. The van der Waals surface area contributed by atoms with Gasteiger partial charge in [-0.25, -0.2) is 9.59 Å². The number of unbranched alkanes of at least 4 members (excludes halogenated alkanes) is 9. The maximum atomic E-state index is 12.6. The molecule has 3 rings (SSSR count). The van der Waals surface area contributed by atoms with Crippen molar-refractivity contribution < 1.29 is 43.2 Å². The Morgan fingerprint density at radius 2 is 1.02 bits per heavy atom. The first-order valence-electron chi connectivity index (χ1n) is 17.1. The molecular formula is C39H48O9. The molecule has 3 aromatic carbocycles. The van der Waals surface area contributed by atoms with Crippen LogP contribution >= 0.6 is 0 Å². The summed E-state index contributed by atoms with van der Waals surface area (Å²) >= 11 is 0. The van der Waals surface area contributed by atoms with Gasteiger partial charge in [-0.3, -0.25) is 9.59 Å². The number of carboxylic acid groups (broad SMARTS) is 1. The Labute approximate surface area is 283 Å². The van der Waals surface area contributed by atoms with Crippen LogP contribution in [-0.4, -0.2) is 42.2 Å². The van der Waals surface area contributed by atoms with E-state index in [2.05, 4.69) is 6.92 Å². The monoisotopic (exact) mass is 660 g/mol. The van der Waals surface area contributed by atoms with Gasteiger partial charge in [0.25, 0.3) is 0 Å². The van der Waals surface area contributed by atoms with Crippen LogP contribution in [0.1, 0.15) is 117 Å². The largest absolute Gasteiger partial charge is 0.494 e. The zero-order valence-corrected chi connectivity index (χ0v) is 28.0. The molecular weight excluding hydrogens is 612 g/mol. The number of hydrogen-bond acceptors (Lipinski definition) is 8. The number of rotatable bonds is 23. The van der Waals surface area contributed by atoms with Crippen LogP contribution in [0.2, 0.25) is 0 Å². The minimum absolute atomic E-state index is 0.110. The van der Waals surface area contributed by atoms with Crippen molar-refractivity contribution in [2.45, 2.75) is 96.8 Å².